The van der Waals surface area contributed by atoms with Crippen molar-refractivity contribution in [2.45, 2.75) is 18.3 Å². The van der Waals surface area contributed by atoms with Gasteiger partial charge in [-0.2, -0.15) is 0 Å². The summed E-state index contributed by atoms with van der Waals surface area (Å²) in [7, 11) is -3.48. The van der Waals surface area contributed by atoms with E-state index in [0.29, 0.717) is 13.0 Å². The number of nitrogens with two attached hydrogens (primary N) is 1. The normalized spacial score (nSPS) is 21.6. The minimum Gasteiger partial charge on any atom is -0.296 e. The second-order valence-electron chi connectivity index (χ2n) is 3.43. The molecule has 1 unspecified atom stereocenters. The molecule has 0 spiro atoms. The number of hydrogen-bond acceptors (Lipinski definition) is 3. The molecule has 0 radical (unpaired) electrons. The third-order valence-corrected chi connectivity index (χ3v) is 3.57. The van der Waals surface area contributed by atoms with Crippen molar-refractivity contribution in [1.82, 2.24) is 5.32 Å². The van der Waals surface area contributed by atoms with Crippen LogP contribution in [0.2, 0.25) is 0 Å². The third kappa shape index (κ3) is 1.79. The molecule has 0 saturated carbocycles. The average Bonchev–Trinajstić information content (AvgIpc) is 2.16. The predicted octanol–water partition coefficient (Wildman–Crippen LogP) is -0.0531. The molecule has 1 aliphatic heterocycles. The maximum atomic E-state index is 11.1. The van der Waals surface area contributed by atoms with Gasteiger partial charge in [0.05, 0.1) is 0 Å². The number of fused-ring (bicyclic) bond motifs is 1. The Hall–Kier alpha value is -0.910. The Morgan fingerprint density at radius 2 is 1.93 bits per heavy atom. The highest BCUT2D eigenvalue weighted by Crippen LogP contribution is 2.17. The molecule has 0 fully saturated rings. The Bertz CT molecular complexity index is 442. The molecule has 1 heterocycles. The lowest BCUT2D eigenvalue weighted by molar-refractivity contribution is 0.530. The lowest BCUT2D eigenvalue weighted by Crippen LogP contribution is -2.44. The van der Waals surface area contributed by atoms with Crippen LogP contribution in [0, 0.1) is 0 Å². The fourth-order valence-corrected chi connectivity index (χ4v) is 2.38. The maximum absolute atomic E-state index is 11.1. The quantitative estimate of drug-likeness (QED) is 0.685. The number of primary sulfonamides is 1. The molecule has 3 N–H and O–H groups in total. The number of rotatable bonds is 1. The van der Waals surface area contributed by atoms with Crippen LogP contribution in [0.5, 0.6) is 0 Å². The van der Waals surface area contributed by atoms with Crippen LogP contribution in [0.4, 0.5) is 0 Å². The van der Waals surface area contributed by atoms with E-state index < -0.39 is 15.4 Å². The zero-order chi connectivity index (χ0) is 10.2. The molecule has 1 aromatic carbocycles. The highest BCUT2D eigenvalue weighted by Gasteiger charge is 2.25. The molecule has 76 valence electrons. The van der Waals surface area contributed by atoms with Crippen molar-refractivity contribution in [3.63, 3.8) is 0 Å². The SMILES string of the molecule is NS(=O)(=O)C1Cc2ccccc2CN1. The Balaban J connectivity index is 2.30. The van der Waals surface area contributed by atoms with Crippen molar-refractivity contribution < 1.29 is 8.42 Å². The smallest absolute Gasteiger partial charge is 0.225 e. The standard InChI is InChI=1S/C9H12N2O2S/c10-14(12,13)9-5-7-3-1-2-4-8(7)6-11-9/h1-4,9,11H,5-6H2,(H2,10,12,13). The molecule has 14 heavy (non-hydrogen) atoms. The zero-order valence-corrected chi connectivity index (χ0v) is 8.42. The van der Waals surface area contributed by atoms with E-state index in [9.17, 15) is 8.42 Å². The second-order valence-corrected chi connectivity index (χ2v) is 5.18. The van der Waals surface area contributed by atoms with Gasteiger partial charge in [-0.3, -0.25) is 5.32 Å². The largest absolute Gasteiger partial charge is 0.296 e. The second kappa shape index (κ2) is 3.34. The number of benzene rings is 1. The molecule has 1 aliphatic rings. The van der Waals surface area contributed by atoms with Gasteiger partial charge in [-0.1, -0.05) is 24.3 Å². The minimum atomic E-state index is -3.48. The van der Waals surface area contributed by atoms with Crippen LogP contribution in [0.25, 0.3) is 0 Å². The molecule has 0 aromatic heterocycles. The van der Waals surface area contributed by atoms with Crippen molar-refractivity contribution in [1.29, 1.82) is 0 Å². The first kappa shape index (κ1) is 9.64. The first-order valence-corrected chi connectivity index (χ1v) is 6.00. The van der Waals surface area contributed by atoms with Crippen LogP contribution >= 0.6 is 0 Å². The van der Waals surface area contributed by atoms with E-state index in [1.165, 1.54) is 0 Å². The summed E-state index contributed by atoms with van der Waals surface area (Å²) in [5.74, 6) is 0. The fraction of sp³-hybridized carbons (Fsp3) is 0.333. The number of hydrogen-bond donors (Lipinski definition) is 2. The average molecular weight is 212 g/mol. The van der Waals surface area contributed by atoms with Crippen LogP contribution in [0.15, 0.2) is 24.3 Å². The Kier molecular flexibility index (Phi) is 2.30. The summed E-state index contributed by atoms with van der Waals surface area (Å²) >= 11 is 0. The fourth-order valence-electron chi connectivity index (χ4n) is 1.66. The van der Waals surface area contributed by atoms with E-state index in [2.05, 4.69) is 5.32 Å². The summed E-state index contributed by atoms with van der Waals surface area (Å²) in [5.41, 5.74) is 2.21. The van der Waals surface area contributed by atoms with Crippen molar-refractivity contribution in [2.24, 2.45) is 5.14 Å². The van der Waals surface area contributed by atoms with Crippen molar-refractivity contribution in [3.05, 3.63) is 35.4 Å². The molecule has 0 bridgehead atoms. The summed E-state index contributed by atoms with van der Waals surface area (Å²) in [5, 5.41) is 7.34. The zero-order valence-electron chi connectivity index (χ0n) is 7.60. The van der Waals surface area contributed by atoms with Crippen molar-refractivity contribution >= 4 is 10.0 Å². The lowest BCUT2D eigenvalue weighted by atomic mass is 10.0. The summed E-state index contributed by atoms with van der Waals surface area (Å²) in [6, 6.07) is 7.78. The van der Waals surface area contributed by atoms with Gasteiger partial charge in [0.25, 0.3) is 0 Å². The van der Waals surface area contributed by atoms with Crippen molar-refractivity contribution in [3.8, 4) is 0 Å². The summed E-state index contributed by atoms with van der Waals surface area (Å²) in [6.45, 7) is 0.567. The van der Waals surface area contributed by atoms with E-state index in [-0.39, 0.29) is 0 Å². The van der Waals surface area contributed by atoms with Gasteiger partial charge in [-0.15, -0.1) is 0 Å². The Morgan fingerprint density at radius 3 is 2.57 bits per heavy atom. The first-order valence-electron chi connectivity index (χ1n) is 4.39. The molecular formula is C9H12N2O2S. The Labute approximate surface area is 83.2 Å². The molecular weight excluding hydrogens is 200 g/mol. The van der Waals surface area contributed by atoms with Gasteiger partial charge >= 0.3 is 0 Å². The molecule has 0 amide bonds. The molecule has 1 atom stereocenters. The van der Waals surface area contributed by atoms with Gasteiger partial charge in [0.2, 0.25) is 10.0 Å². The third-order valence-electron chi connectivity index (χ3n) is 2.44. The van der Waals surface area contributed by atoms with Gasteiger partial charge in [0, 0.05) is 13.0 Å². The predicted molar refractivity (Wildman–Crippen MR) is 53.9 cm³/mol. The van der Waals surface area contributed by atoms with Gasteiger partial charge in [0.15, 0.2) is 0 Å². The Morgan fingerprint density at radius 1 is 1.29 bits per heavy atom. The summed E-state index contributed by atoms with van der Waals surface area (Å²) in [6.07, 6.45) is 0.453. The van der Waals surface area contributed by atoms with E-state index in [1.807, 2.05) is 24.3 Å². The lowest BCUT2D eigenvalue weighted by Gasteiger charge is -2.24. The van der Waals surface area contributed by atoms with E-state index in [4.69, 9.17) is 5.14 Å². The van der Waals surface area contributed by atoms with Gasteiger partial charge < -0.3 is 0 Å². The molecule has 0 saturated heterocycles. The molecule has 4 nitrogen and oxygen atoms in total. The van der Waals surface area contributed by atoms with E-state index in [1.54, 1.807) is 0 Å². The number of sulfonamides is 1. The molecule has 1 aromatic rings. The van der Waals surface area contributed by atoms with Crippen LogP contribution in [0.3, 0.4) is 0 Å². The monoisotopic (exact) mass is 212 g/mol. The van der Waals surface area contributed by atoms with Crippen molar-refractivity contribution in [2.75, 3.05) is 0 Å². The van der Waals surface area contributed by atoms with E-state index in [0.717, 1.165) is 11.1 Å². The van der Waals surface area contributed by atoms with Gasteiger partial charge in [-0.05, 0) is 11.1 Å². The highest BCUT2D eigenvalue weighted by atomic mass is 32.2. The molecule has 2 rings (SSSR count). The van der Waals surface area contributed by atoms with Crippen LogP contribution in [-0.4, -0.2) is 13.8 Å². The van der Waals surface area contributed by atoms with E-state index >= 15 is 0 Å². The topological polar surface area (TPSA) is 72.2 Å². The van der Waals surface area contributed by atoms with Crippen LogP contribution in [0.1, 0.15) is 11.1 Å². The highest BCUT2D eigenvalue weighted by molar-refractivity contribution is 7.89. The van der Waals surface area contributed by atoms with Crippen LogP contribution < -0.4 is 10.5 Å². The number of nitrogens with one attached hydrogen (secondary N) is 1. The maximum Gasteiger partial charge on any atom is 0.225 e. The summed E-state index contributed by atoms with van der Waals surface area (Å²) < 4.78 is 22.2. The van der Waals surface area contributed by atoms with Crippen LogP contribution in [-0.2, 0) is 23.0 Å². The minimum absolute atomic E-state index is 0.453. The molecule has 5 heteroatoms. The summed E-state index contributed by atoms with van der Waals surface area (Å²) in [4.78, 5) is 0. The van der Waals surface area contributed by atoms with Gasteiger partial charge in [0.1, 0.15) is 5.37 Å². The van der Waals surface area contributed by atoms with Gasteiger partial charge in [-0.25, -0.2) is 13.6 Å². The molecule has 0 aliphatic carbocycles. The first-order chi connectivity index (χ1) is 6.57.